The van der Waals surface area contributed by atoms with Crippen molar-refractivity contribution in [3.05, 3.63) is 411 Å². The fraction of sp³-hybridized carbons (Fsp3) is 0.277. The minimum atomic E-state index is -1.49. The van der Waals surface area contributed by atoms with E-state index in [2.05, 4.69) is 432 Å². The van der Waals surface area contributed by atoms with E-state index in [1.165, 1.54) is 76.3 Å². The van der Waals surface area contributed by atoms with Gasteiger partial charge in [0.2, 0.25) is 0 Å². The summed E-state index contributed by atoms with van der Waals surface area (Å²) in [6.45, 7) is 53.6. The number of rotatable bonds is 6. The number of nitrogens with zero attached hydrogens (tertiary/aromatic N) is 8. The number of benzene rings is 15. The zero-order chi connectivity index (χ0) is 99.5. The van der Waals surface area contributed by atoms with Gasteiger partial charge in [-0.05, 0) is 178 Å². The van der Waals surface area contributed by atoms with Crippen LogP contribution in [0.2, 0.25) is 13.1 Å². The zero-order valence-corrected chi connectivity index (χ0v) is 88.1. The van der Waals surface area contributed by atoms with Crippen molar-refractivity contribution in [2.24, 2.45) is 21.7 Å². The van der Waals surface area contributed by atoms with E-state index in [1.807, 2.05) is 140 Å². The molecule has 139 heavy (non-hydrogen) atoms. The second kappa shape index (κ2) is 44.9. The van der Waals surface area contributed by atoms with Crippen molar-refractivity contribution >= 4 is 73.1 Å². The molecule has 4 aromatic heterocycles. The highest BCUT2D eigenvalue weighted by Gasteiger charge is 2.43. The number of hydrogen-bond acceptors (Lipinski definition) is 6. The minimum Gasteiger partial charge on any atom is -0.299 e. The van der Waals surface area contributed by atoms with Crippen molar-refractivity contribution in [2.75, 3.05) is 0 Å². The Kier molecular flexibility index (Phi) is 33.2. The van der Waals surface area contributed by atoms with Gasteiger partial charge in [-0.25, -0.2) is 29.9 Å². The van der Waals surface area contributed by atoms with Crippen molar-refractivity contribution in [2.45, 2.75) is 214 Å². The lowest BCUT2D eigenvalue weighted by Gasteiger charge is -2.35. The Morgan fingerprint density at radius 2 is 0.705 bits per heavy atom. The molecule has 1 fully saturated rings. The third-order valence-electron chi connectivity index (χ3n) is 23.7. The fourth-order valence-corrected chi connectivity index (χ4v) is 20.5. The van der Waals surface area contributed by atoms with Gasteiger partial charge in [0, 0.05) is 49.8 Å². The third kappa shape index (κ3) is 27.7. The summed E-state index contributed by atoms with van der Waals surface area (Å²) in [7, 11) is -1.49. The highest BCUT2D eigenvalue weighted by atomic mass is 28.3. The first-order valence-corrected chi connectivity index (χ1v) is 52.7. The number of para-hydroxylation sites is 8. The molecule has 0 amide bonds. The predicted molar refractivity (Wildman–Crippen MR) is 603 cm³/mol. The quantitative estimate of drug-likeness (QED) is 0.154. The maximum atomic E-state index is 4.91. The first-order valence-electron chi connectivity index (χ1n) is 49.7. The number of aromatic nitrogens is 8. The third-order valence-corrected chi connectivity index (χ3v) is 27.2. The molecule has 0 unspecified atom stereocenters. The van der Waals surface area contributed by atoms with Gasteiger partial charge < -0.3 is 0 Å². The van der Waals surface area contributed by atoms with Crippen LogP contribution in [0.15, 0.2) is 389 Å². The smallest absolute Gasteiger partial charge is 0.160 e. The average Bonchev–Trinajstić information content (AvgIpc) is 1.57. The van der Waals surface area contributed by atoms with Crippen LogP contribution in [0.3, 0.4) is 0 Å². The van der Waals surface area contributed by atoms with Crippen LogP contribution < -0.4 is 10.4 Å². The summed E-state index contributed by atoms with van der Waals surface area (Å²) in [5, 5.41) is 7.85. The van der Waals surface area contributed by atoms with Gasteiger partial charge in [-0.2, -0.15) is 0 Å². The van der Waals surface area contributed by atoms with E-state index in [0.717, 1.165) is 101 Å². The van der Waals surface area contributed by atoms with E-state index in [0.29, 0.717) is 27.1 Å². The van der Waals surface area contributed by atoms with Gasteiger partial charge >= 0.3 is 0 Å². The summed E-state index contributed by atoms with van der Waals surface area (Å²) < 4.78 is 4.33. The molecular formula is C130H146N8Si. The van der Waals surface area contributed by atoms with Crippen LogP contribution in [-0.2, 0) is 16.2 Å². The van der Waals surface area contributed by atoms with Crippen molar-refractivity contribution < 1.29 is 0 Å². The normalized spacial score (nSPS) is 13.0. The van der Waals surface area contributed by atoms with Gasteiger partial charge in [0.15, 0.2) is 5.82 Å². The summed E-state index contributed by atoms with van der Waals surface area (Å²) in [5.41, 5.74) is 29.5. The van der Waals surface area contributed by atoms with Crippen molar-refractivity contribution in [3.63, 3.8) is 0 Å². The lowest BCUT2D eigenvalue weighted by molar-refractivity contribution is 0.353. The molecule has 0 bridgehead atoms. The van der Waals surface area contributed by atoms with Gasteiger partial charge in [0.1, 0.15) is 26.6 Å². The summed E-state index contributed by atoms with van der Waals surface area (Å²) in [6, 6.07) is 132. The molecule has 15 aromatic carbocycles. The topological polar surface area (TPSA) is 87.2 Å². The van der Waals surface area contributed by atoms with Crippen molar-refractivity contribution in [1.82, 2.24) is 39.0 Å². The van der Waals surface area contributed by atoms with E-state index in [4.69, 9.17) is 15.0 Å². The van der Waals surface area contributed by atoms with E-state index >= 15 is 0 Å². The highest BCUT2D eigenvalue weighted by Crippen LogP contribution is 2.55. The summed E-state index contributed by atoms with van der Waals surface area (Å²) in [4.78, 5) is 27.6. The molecule has 3 aliphatic rings. The Morgan fingerprint density at radius 3 is 1.27 bits per heavy atom. The molecule has 710 valence electrons. The van der Waals surface area contributed by atoms with Gasteiger partial charge in [0.25, 0.3) is 0 Å². The predicted octanol–water partition coefficient (Wildman–Crippen LogP) is 35.3. The van der Waals surface area contributed by atoms with Crippen LogP contribution in [0.5, 0.6) is 0 Å². The fourth-order valence-electron chi connectivity index (χ4n) is 17.4. The molecule has 1 saturated carbocycles. The maximum Gasteiger partial charge on any atom is 0.160 e. The molecule has 0 saturated heterocycles. The molecule has 1 aliphatic heterocycles. The molecule has 2 aliphatic carbocycles. The van der Waals surface area contributed by atoms with E-state index in [9.17, 15) is 0 Å². The summed E-state index contributed by atoms with van der Waals surface area (Å²) in [5.74, 6) is 1.74. The Bertz CT molecular complexity index is 7080. The molecule has 0 N–H and O–H groups in total. The standard InChI is InChI=1S/C23H22N2.C20H14N2.C18H12N2.C18H22Si.C18H18.C13H10N2.4C5H12/c1-23(2,3)18-15-13-17(14-16-18)22-24-20-11-7-8-12-21(20)25(22)19-9-5-4-6-10-19;1-3-9-15(10-4-1)19-17-13-7-8-14-18(17)21-20(22-19)16-11-5-2-6-12-16;1-2-6-14-11-15(10-9-13(14)5-1)18-16-7-3-4-8-17(16)19-12-20-18;1-18(2,3)13-10-11-15-14-8-6-7-9-16(14)19(4,5)17(15)12-13;1-6-12-18(13-7-1)16-10-4-2-8-14(16)15-9-3-5-11-17(15)18;1-2-6-11(7-3-1)15-10-14-12-8-4-5-9-13(12)15;4*1-5(2,3)4/h4-16H,1-3H3;1-14H;1-12H;6-12H,1-5H3;2-5,8-11H,1,6-7,12-13H2;1-10H;4*1-4H3. The molecule has 19 aromatic rings. The monoisotopic (exact) mass is 1850 g/mol. The first kappa shape index (κ1) is 103. The Balaban J connectivity index is 0.000000136. The maximum absolute atomic E-state index is 4.91. The minimum absolute atomic E-state index is 0.151. The summed E-state index contributed by atoms with van der Waals surface area (Å²) >= 11 is 0. The van der Waals surface area contributed by atoms with Gasteiger partial charge in [-0.3, -0.25) is 9.13 Å². The zero-order valence-electron chi connectivity index (χ0n) is 87.1. The lowest BCUT2D eigenvalue weighted by atomic mass is 9.68. The molecule has 9 heteroatoms. The first-order chi connectivity index (χ1) is 66.1. The molecule has 0 radical (unpaired) electrons. The van der Waals surface area contributed by atoms with Crippen LogP contribution >= 0.6 is 0 Å². The number of hydrogen-bond donors (Lipinski definition) is 0. The van der Waals surface area contributed by atoms with Crippen LogP contribution in [0.1, 0.15) is 207 Å². The molecule has 8 nitrogen and oxygen atoms in total. The van der Waals surface area contributed by atoms with E-state index in [-0.39, 0.29) is 10.8 Å². The van der Waals surface area contributed by atoms with Crippen LogP contribution in [0, 0.1) is 21.7 Å². The van der Waals surface area contributed by atoms with Crippen molar-refractivity contribution in [1.29, 1.82) is 0 Å². The van der Waals surface area contributed by atoms with E-state index in [1.54, 1.807) is 27.8 Å². The Hall–Kier alpha value is -13.6. The molecule has 5 heterocycles. The molecule has 0 atom stereocenters. The van der Waals surface area contributed by atoms with Gasteiger partial charge in [-0.15, -0.1) is 0 Å². The van der Waals surface area contributed by atoms with Crippen LogP contribution in [0.25, 0.3) is 134 Å². The van der Waals surface area contributed by atoms with Crippen LogP contribution in [0.4, 0.5) is 0 Å². The number of imidazole rings is 2. The van der Waals surface area contributed by atoms with Crippen molar-refractivity contribution in [3.8, 4) is 78.9 Å². The average molecular weight is 1850 g/mol. The van der Waals surface area contributed by atoms with Crippen LogP contribution in [-0.4, -0.2) is 47.1 Å². The largest absolute Gasteiger partial charge is 0.299 e. The molecular weight excluding hydrogens is 1700 g/mol. The number of fused-ring (bicyclic) bond motifs is 13. The Morgan fingerprint density at radius 1 is 0.281 bits per heavy atom. The second-order valence-corrected chi connectivity index (χ2v) is 50.0. The molecule has 22 rings (SSSR count). The highest BCUT2D eigenvalue weighted by molar-refractivity contribution is 7.03. The van der Waals surface area contributed by atoms with E-state index < -0.39 is 8.07 Å². The second-order valence-electron chi connectivity index (χ2n) is 45.7. The summed E-state index contributed by atoms with van der Waals surface area (Å²) in [6.07, 6.45) is 10.3. The van der Waals surface area contributed by atoms with Gasteiger partial charge in [0.05, 0.1) is 44.5 Å². The van der Waals surface area contributed by atoms with Gasteiger partial charge in [-0.1, -0.05) is 494 Å². The Labute approximate surface area is 831 Å². The SMILES string of the molecule is CC(C)(C)C.CC(C)(C)C.CC(C)(C)C.CC(C)(C)C.CC(C)(C)c1ccc(-c2nc3ccccc3n2-c2ccccc2)cc1.CC(C)(C)c1ccc2c(c1)[Si](C)(C)c1ccccc1-2.c1ccc(-c2nc(-c3ccccc3)c3ccccc3n2)cc1.c1ccc(-n2cnc3ccccc32)cc1.c1ccc2c(c1)-c1ccccc1C21CCCCC1.c1ccc2cc(-c3ncnc4ccccc34)ccc2c1. The molecule has 1 spiro atoms. The lowest BCUT2D eigenvalue weighted by Crippen LogP contribution is -2.49.